The van der Waals surface area contributed by atoms with E-state index in [0.717, 1.165) is 5.56 Å². The largest absolute Gasteiger partial charge is 0.493 e. The average molecular weight is 369 g/mol. The Labute approximate surface area is 156 Å². The molecule has 2 aromatic carbocycles. The lowest BCUT2D eigenvalue weighted by molar-refractivity contribution is 0.0950. The van der Waals surface area contributed by atoms with Crippen molar-refractivity contribution in [2.45, 2.75) is 13.5 Å². The molecule has 1 aromatic heterocycles. The number of benzene rings is 2. The summed E-state index contributed by atoms with van der Waals surface area (Å²) in [6.07, 6.45) is 1.50. The van der Waals surface area contributed by atoms with Crippen molar-refractivity contribution >= 4 is 5.91 Å². The first-order valence-corrected chi connectivity index (χ1v) is 8.33. The molecule has 7 heteroatoms. The molecule has 3 rings (SSSR count). The molecule has 27 heavy (non-hydrogen) atoms. The molecule has 0 bridgehead atoms. The van der Waals surface area contributed by atoms with Gasteiger partial charge in [-0.25, -0.2) is 9.07 Å². The molecule has 3 aromatic rings. The predicted octanol–water partition coefficient (Wildman–Crippen LogP) is 3.27. The summed E-state index contributed by atoms with van der Waals surface area (Å²) in [7, 11) is 3.13. The van der Waals surface area contributed by atoms with Gasteiger partial charge in [-0.3, -0.25) is 4.79 Å². The van der Waals surface area contributed by atoms with Crippen LogP contribution in [0.25, 0.3) is 5.69 Å². The van der Waals surface area contributed by atoms with Crippen LogP contribution in [0.2, 0.25) is 0 Å². The first kappa shape index (κ1) is 18.4. The Morgan fingerprint density at radius 3 is 2.48 bits per heavy atom. The second-order valence-electron chi connectivity index (χ2n) is 5.90. The summed E-state index contributed by atoms with van der Waals surface area (Å²) in [6.45, 7) is 2.13. The number of ether oxygens (including phenoxy) is 2. The van der Waals surface area contributed by atoms with E-state index >= 15 is 0 Å². The number of halogens is 1. The Morgan fingerprint density at radius 1 is 1.11 bits per heavy atom. The third-order valence-electron chi connectivity index (χ3n) is 4.23. The molecule has 0 fully saturated rings. The zero-order chi connectivity index (χ0) is 19.4. The van der Waals surface area contributed by atoms with Gasteiger partial charge in [0.05, 0.1) is 37.4 Å². The summed E-state index contributed by atoms with van der Waals surface area (Å²) < 4.78 is 25.2. The van der Waals surface area contributed by atoms with Crippen LogP contribution in [0.1, 0.15) is 21.6 Å². The van der Waals surface area contributed by atoms with Gasteiger partial charge in [-0.2, -0.15) is 5.10 Å². The molecular weight excluding hydrogens is 349 g/mol. The van der Waals surface area contributed by atoms with Gasteiger partial charge in [0.15, 0.2) is 11.5 Å². The van der Waals surface area contributed by atoms with E-state index in [2.05, 4.69) is 10.4 Å². The number of amides is 1. The third-order valence-corrected chi connectivity index (χ3v) is 4.23. The first-order chi connectivity index (χ1) is 13.0. The summed E-state index contributed by atoms with van der Waals surface area (Å²) in [5.41, 5.74) is 2.70. The lowest BCUT2D eigenvalue weighted by Gasteiger charge is -2.10. The van der Waals surface area contributed by atoms with Crippen LogP contribution in [0.5, 0.6) is 11.5 Å². The number of methoxy groups -OCH3 is 2. The summed E-state index contributed by atoms with van der Waals surface area (Å²) in [4.78, 5) is 12.5. The van der Waals surface area contributed by atoms with Gasteiger partial charge in [-0.05, 0) is 48.9 Å². The maximum absolute atomic E-state index is 13.1. The molecule has 1 heterocycles. The number of hydrogen-bond donors (Lipinski definition) is 1. The molecule has 1 N–H and O–H groups in total. The Bertz CT molecular complexity index is 952. The van der Waals surface area contributed by atoms with Crippen LogP contribution in [0.15, 0.2) is 48.7 Å². The van der Waals surface area contributed by atoms with Crippen LogP contribution in [0.4, 0.5) is 4.39 Å². The molecule has 0 unspecified atom stereocenters. The van der Waals surface area contributed by atoms with Crippen molar-refractivity contribution in [1.82, 2.24) is 15.1 Å². The van der Waals surface area contributed by atoms with Crippen molar-refractivity contribution in [2.24, 2.45) is 0 Å². The van der Waals surface area contributed by atoms with Gasteiger partial charge in [0, 0.05) is 6.54 Å². The highest BCUT2D eigenvalue weighted by atomic mass is 19.1. The molecule has 140 valence electrons. The Morgan fingerprint density at radius 2 is 1.81 bits per heavy atom. The highest BCUT2D eigenvalue weighted by Gasteiger charge is 2.15. The van der Waals surface area contributed by atoms with Crippen LogP contribution in [-0.4, -0.2) is 29.9 Å². The molecule has 6 nitrogen and oxygen atoms in total. The molecule has 0 saturated heterocycles. The molecule has 0 aliphatic heterocycles. The van der Waals surface area contributed by atoms with Crippen molar-refractivity contribution in [3.63, 3.8) is 0 Å². The van der Waals surface area contributed by atoms with Gasteiger partial charge in [-0.1, -0.05) is 6.07 Å². The van der Waals surface area contributed by atoms with E-state index in [1.807, 2.05) is 12.1 Å². The van der Waals surface area contributed by atoms with Crippen molar-refractivity contribution in [3.05, 3.63) is 71.3 Å². The zero-order valence-corrected chi connectivity index (χ0v) is 15.3. The van der Waals surface area contributed by atoms with Crippen LogP contribution in [0, 0.1) is 12.7 Å². The van der Waals surface area contributed by atoms with Crippen LogP contribution >= 0.6 is 0 Å². The summed E-state index contributed by atoms with van der Waals surface area (Å²) in [5.74, 6) is 0.667. The summed E-state index contributed by atoms with van der Waals surface area (Å²) in [5, 5.41) is 7.11. The standard InChI is InChI=1S/C20H20FN3O3/c1-13-17(12-23-24(13)16-7-5-15(21)6-8-16)20(25)22-11-14-4-9-18(26-2)19(10-14)27-3/h4-10,12H,11H2,1-3H3,(H,22,25). The lowest BCUT2D eigenvalue weighted by Crippen LogP contribution is -2.23. The monoisotopic (exact) mass is 369 g/mol. The number of nitrogens with zero attached hydrogens (tertiary/aromatic N) is 2. The minimum absolute atomic E-state index is 0.240. The van der Waals surface area contributed by atoms with E-state index in [-0.39, 0.29) is 11.7 Å². The topological polar surface area (TPSA) is 65.4 Å². The van der Waals surface area contributed by atoms with Gasteiger partial charge >= 0.3 is 0 Å². The highest BCUT2D eigenvalue weighted by Crippen LogP contribution is 2.27. The zero-order valence-electron chi connectivity index (χ0n) is 15.3. The van der Waals surface area contributed by atoms with Crippen molar-refractivity contribution < 1.29 is 18.7 Å². The molecular formula is C20H20FN3O3. The summed E-state index contributed by atoms with van der Waals surface area (Å²) in [6, 6.07) is 11.4. The predicted molar refractivity (Wildman–Crippen MR) is 99.0 cm³/mol. The molecule has 0 saturated carbocycles. The lowest BCUT2D eigenvalue weighted by atomic mass is 10.2. The fraction of sp³-hybridized carbons (Fsp3) is 0.200. The SMILES string of the molecule is COc1ccc(CNC(=O)c2cnn(-c3ccc(F)cc3)c2C)cc1OC. The molecule has 0 aliphatic rings. The number of hydrogen-bond acceptors (Lipinski definition) is 4. The molecule has 0 spiro atoms. The number of carbonyl (C=O) groups is 1. The molecule has 0 atom stereocenters. The normalized spacial score (nSPS) is 10.5. The Balaban J connectivity index is 1.73. The molecule has 0 radical (unpaired) electrons. The molecule has 0 aliphatic carbocycles. The fourth-order valence-electron chi connectivity index (χ4n) is 2.74. The number of rotatable bonds is 6. The second-order valence-corrected chi connectivity index (χ2v) is 5.90. The van der Waals surface area contributed by atoms with Crippen LogP contribution in [0.3, 0.4) is 0 Å². The van der Waals surface area contributed by atoms with Gasteiger partial charge in [-0.15, -0.1) is 0 Å². The quantitative estimate of drug-likeness (QED) is 0.724. The van der Waals surface area contributed by atoms with E-state index in [0.29, 0.717) is 35.0 Å². The van der Waals surface area contributed by atoms with E-state index in [1.165, 1.54) is 18.3 Å². The first-order valence-electron chi connectivity index (χ1n) is 8.33. The second kappa shape index (κ2) is 7.90. The fourth-order valence-corrected chi connectivity index (χ4v) is 2.74. The minimum Gasteiger partial charge on any atom is -0.493 e. The third kappa shape index (κ3) is 3.92. The van der Waals surface area contributed by atoms with Crippen molar-refractivity contribution in [2.75, 3.05) is 14.2 Å². The smallest absolute Gasteiger partial charge is 0.255 e. The number of nitrogens with one attached hydrogen (secondary N) is 1. The summed E-state index contributed by atoms with van der Waals surface area (Å²) >= 11 is 0. The van der Waals surface area contributed by atoms with E-state index < -0.39 is 0 Å². The maximum Gasteiger partial charge on any atom is 0.255 e. The van der Waals surface area contributed by atoms with Gasteiger partial charge in [0.25, 0.3) is 5.91 Å². The maximum atomic E-state index is 13.1. The number of aromatic nitrogens is 2. The van der Waals surface area contributed by atoms with Crippen LogP contribution < -0.4 is 14.8 Å². The molecule has 1 amide bonds. The number of carbonyl (C=O) groups excluding carboxylic acids is 1. The van der Waals surface area contributed by atoms with Gasteiger partial charge in [0.2, 0.25) is 0 Å². The van der Waals surface area contributed by atoms with Gasteiger partial charge in [0.1, 0.15) is 5.82 Å². The van der Waals surface area contributed by atoms with E-state index in [1.54, 1.807) is 44.0 Å². The Kier molecular flexibility index (Phi) is 5.40. The van der Waals surface area contributed by atoms with Crippen molar-refractivity contribution in [1.29, 1.82) is 0 Å². The average Bonchev–Trinajstić information content (AvgIpc) is 3.08. The van der Waals surface area contributed by atoms with E-state index in [4.69, 9.17) is 9.47 Å². The Hall–Kier alpha value is -3.35. The van der Waals surface area contributed by atoms with Gasteiger partial charge < -0.3 is 14.8 Å². The van der Waals surface area contributed by atoms with Crippen molar-refractivity contribution in [3.8, 4) is 17.2 Å². The minimum atomic E-state index is -0.323. The highest BCUT2D eigenvalue weighted by molar-refractivity contribution is 5.95. The van der Waals surface area contributed by atoms with E-state index in [9.17, 15) is 9.18 Å². The van der Waals surface area contributed by atoms with Crippen LogP contribution in [-0.2, 0) is 6.54 Å².